The molecule has 7 nitrogen and oxygen atoms in total. The van der Waals surface area contributed by atoms with E-state index < -0.39 is 0 Å². The lowest BCUT2D eigenvalue weighted by atomic mass is 10.0. The van der Waals surface area contributed by atoms with Gasteiger partial charge >= 0.3 is 0 Å². The van der Waals surface area contributed by atoms with Crippen molar-refractivity contribution in [1.82, 2.24) is 14.9 Å². The standard InChI is InChI=1S/C25H28BrN5O2/c1-3-31-10-8-17(9-11-31)12-24(32)30-22-14-20-21(15-23(22)33-4-2)27-16-28-25(20)29-19-7-5-6-18(26)13-19/h5-7,12-16H,3-4,8-11H2,1-2H3,(H,30,32)(H,27,28,29). The zero-order valence-corrected chi connectivity index (χ0v) is 20.5. The van der Waals surface area contributed by atoms with Crippen LogP contribution in [0.5, 0.6) is 5.75 Å². The average molecular weight is 510 g/mol. The highest BCUT2D eigenvalue weighted by molar-refractivity contribution is 9.10. The summed E-state index contributed by atoms with van der Waals surface area (Å²) in [5.74, 6) is 1.10. The molecule has 0 saturated carbocycles. The number of fused-ring (bicyclic) bond motifs is 1. The zero-order chi connectivity index (χ0) is 23.2. The molecule has 2 heterocycles. The van der Waals surface area contributed by atoms with E-state index in [-0.39, 0.29) is 5.91 Å². The van der Waals surface area contributed by atoms with Crippen LogP contribution in [0.3, 0.4) is 0 Å². The minimum Gasteiger partial charge on any atom is -0.492 e. The number of aromatic nitrogens is 2. The first kappa shape index (κ1) is 23.2. The van der Waals surface area contributed by atoms with Crippen molar-refractivity contribution in [1.29, 1.82) is 0 Å². The highest BCUT2D eigenvalue weighted by Gasteiger charge is 2.16. The zero-order valence-electron chi connectivity index (χ0n) is 18.9. The Balaban J connectivity index is 1.62. The molecule has 0 aliphatic carbocycles. The highest BCUT2D eigenvalue weighted by Crippen LogP contribution is 2.33. The van der Waals surface area contributed by atoms with Gasteiger partial charge in [0.15, 0.2) is 0 Å². The molecule has 0 atom stereocenters. The Morgan fingerprint density at radius 1 is 1.18 bits per heavy atom. The van der Waals surface area contributed by atoms with Crippen molar-refractivity contribution in [2.24, 2.45) is 0 Å². The summed E-state index contributed by atoms with van der Waals surface area (Å²) in [5, 5.41) is 7.15. The number of piperidine rings is 1. The molecule has 1 aliphatic heterocycles. The molecule has 0 unspecified atom stereocenters. The minimum atomic E-state index is -0.145. The van der Waals surface area contributed by atoms with E-state index in [2.05, 4.69) is 48.4 Å². The Hall–Kier alpha value is -2.97. The molecule has 172 valence electrons. The van der Waals surface area contributed by atoms with E-state index in [9.17, 15) is 4.79 Å². The van der Waals surface area contributed by atoms with E-state index >= 15 is 0 Å². The summed E-state index contributed by atoms with van der Waals surface area (Å²) in [7, 11) is 0. The van der Waals surface area contributed by atoms with Crippen molar-refractivity contribution < 1.29 is 9.53 Å². The van der Waals surface area contributed by atoms with Gasteiger partial charge in [0, 0.05) is 40.8 Å². The van der Waals surface area contributed by atoms with E-state index in [1.807, 2.05) is 43.3 Å². The van der Waals surface area contributed by atoms with Crippen molar-refractivity contribution in [3.8, 4) is 5.75 Å². The van der Waals surface area contributed by atoms with Crippen LogP contribution in [0, 0.1) is 0 Å². The number of halogens is 1. The first-order chi connectivity index (χ1) is 16.1. The molecule has 33 heavy (non-hydrogen) atoms. The molecule has 2 N–H and O–H groups in total. The fourth-order valence-corrected chi connectivity index (χ4v) is 4.31. The van der Waals surface area contributed by atoms with E-state index in [0.29, 0.717) is 23.9 Å². The summed E-state index contributed by atoms with van der Waals surface area (Å²) >= 11 is 3.49. The quantitative estimate of drug-likeness (QED) is 0.408. The van der Waals surface area contributed by atoms with Crippen LogP contribution < -0.4 is 15.4 Å². The number of amides is 1. The maximum Gasteiger partial charge on any atom is 0.248 e. The highest BCUT2D eigenvalue weighted by atomic mass is 79.9. The molecule has 1 aromatic heterocycles. The largest absolute Gasteiger partial charge is 0.492 e. The van der Waals surface area contributed by atoms with E-state index in [1.54, 1.807) is 6.08 Å². The molecule has 8 heteroatoms. The maximum atomic E-state index is 12.8. The third-order valence-corrected chi connectivity index (χ3v) is 6.16. The van der Waals surface area contributed by atoms with Crippen molar-refractivity contribution in [2.45, 2.75) is 26.7 Å². The number of hydrogen-bond acceptors (Lipinski definition) is 6. The van der Waals surface area contributed by atoms with Gasteiger partial charge in [-0.15, -0.1) is 0 Å². The molecule has 0 bridgehead atoms. The monoisotopic (exact) mass is 509 g/mol. The van der Waals surface area contributed by atoms with Gasteiger partial charge in [0.1, 0.15) is 17.9 Å². The number of anilines is 3. The van der Waals surface area contributed by atoms with Crippen LogP contribution in [0.1, 0.15) is 26.7 Å². The number of likely N-dealkylation sites (tertiary alicyclic amines) is 1. The molecule has 1 amide bonds. The van der Waals surface area contributed by atoms with Gasteiger partial charge in [-0.2, -0.15) is 0 Å². The topological polar surface area (TPSA) is 79.4 Å². The Labute approximate surface area is 202 Å². The summed E-state index contributed by atoms with van der Waals surface area (Å²) in [6.07, 6.45) is 5.09. The van der Waals surface area contributed by atoms with Gasteiger partial charge in [0.25, 0.3) is 0 Å². The van der Waals surface area contributed by atoms with Gasteiger partial charge < -0.3 is 20.3 Å². The van der Waals surface area contributed by atoms with Gasteiger partial charge in [-0.05, 0) is 50.6 Å². The molecular formula is C25H28BrN5O2. The predicted molar refractivity (Wildman–Crippen MR) is 136 cm³/mol. The molecule has 3 aromatic rings. The van der Waals surface area contributed by atoms with E-state index in [4.69, 9.17) is 4.74 Å². The Kier molecular flexibility index (Phi) is 7.57. The molecule has 2 aromatic carbocycles. The van der Waals surface area contributed by atoms with Crippen molar-refractivity contribution in [3.05, 3.63) is 58.8 Å². The van der Waals surface area contributed by atoms with Crippen LogP contribution in [-0.2, 0) is 4.79 Å². The number of hydrogen-bond donors (Lipinski definition) is 2. The Morgan fingerprint density at radius 2 is 2.00 bits per heavy atom. The van der Waals surface area contributed by atoms with E-state index in [0.717, 1.165) is 53.5 Å². The minimum absolute atomic E-state index is 0.145. The van der Waals surface area contributed by atoms with Gasteiger partial charge in [-0.3, -0.25) is 4.79 Å². The Bertz CT molecular complexity index is 1170. The lowest BCUT2D eigenvalue weighted by molar-refractivity contribution is -0.112. The number of carbonyl (C=O) groups excluding carboxylic acids is 1. The van der Waals surface area contributed by atoms with Gasteiger partial charge in [0.05, 0.1) is 17.8 Å². The molecule has 1 saturated heterocycles. The number of rotatable bonds is 7. The molecule has 0 radical (unpaired) electrons. The van der Waals surface area contributed by atoms with Gasteiger partial charge in [-0.1, -0.05) is 34.5 Å². The second kappa shape index (κ2) is 10.8. The summed E-state index contributed by atoms with van der Waals surface area (Å²) in [5.41, 5.74) is 3.40. The molecule has 4 rings (SSSR count). The number of nitrogens with one attached hydrogen (secondary N) is 2. The normalized spacial score (nSPS) is 14.2. The van der Waals surface area contributed by atoms with Gasteiger partial charge in [0.2, 0.25) is 5.91 Å². The first-order valence-electron chi connectivity index (χ1n) is 11.2. The van der Waals surface area contributed by atoms with Crippen molar-refractivity contribution in [3.63, 3.8) is 0 Å². The fourth-order valence-electron chi connectivity index (χ4n) is 3.91. The molecule has 1 aliphatic rings. The predicted octanol–water partition coefficient (Wildman–Crippen LogP) is 5.52. The van der Waals surface area contributed by atoms with Crippen LogP contribution in [-0.4, -0.2) is 47.0 Å². The van der Waals surface area contributed by atoms with Crippen LogP contribution in [0.15, 0.2) is 58.8 Å². The molecular weight excluding hydrogens is 482 g/mol. The summed E-state index contributed by atoms with van der Waals surface area (Å²) in [4.78, 5) is 24.1. The van der Waals surface area contributed by atoms with Crippen molar-refractivity contribution >= 4 is 49.9 Å². The molecule has 0 spiro atoms. The third kappa shape index (κ3) is 5.89. The van der Waals surface area contributed by atoms with Crippen LogP contribution in [0.2, 0.25) is 0 Å². The van der Waals surface area contributed by atoms with Crippen LogP contribution in [0.25, 0.3) is 10.9 Å². The smallest absolute Gasteiger partial charge is 0.248 e. The summed E-state index contributed by atoms with van der Waals surface area (Å²) in [6.45, 7) is 7.61. The summed E-state index contributed by atoms with van der Waals surface area (Å²) in [6, 6.07) is 11.6. The number of ether oxygens (including phenoxy) is 1. The molecule has 1 fully saturated rings. The second-order valence-corrected chi connectivity index (χ2v) is 8.80. The van der Waals surface area contributed by atoms with Crippen LogP contribution >= 0.6 is 15.9 Å². The number of nitrogens with zero attached hydrogens (tertiary/aromatic N) is 3. The maximum absolute atomic E-state index is 12.8. The SMILES string of the molecule is CCOc1cc2ncnc(Nc3cccc(Br)c3)c2cc1NC(=O)C=C1CCN(CC)CC1. The third-order valence-electron chi connectivity index (χ3n) is 5.66. The van der Waals surface area contributed by atoms with E-state index in [1.165, 1.54) is 11.9 Å². The Morgan fingerprint density at radius 3 is 2.73 bits per heavy atom. The lowest BCUT2D eigenvalue weighted by Crippen LogP contribution is -2.30. The average Bonchev–Trinajstić information content (AvgIpc) is 2.80. The first-order valence-corrected chi connectivity index (χ1v) is 12.0. The number of benzene rings is 2. The second-order valence-electron chi connectivity index (χ2n) is 7.88. The van der Waals surface area contributed by atoms with Crippen molar-refractivity contribution in [2.75, 3.05) is 36.9 Å². The fraction of sp³-hybridized carbons (Fsp3) is 0.320. The number of carbonyl (C=O) groups is 1. The van der Waals surface area contributed by atoms with Gasteiger partial charge in [-0.25, -0.2) is 9.97 Å². The van der Waals surface area contributed by atoms with Crippen LogP contribution in [0.4, 0.5) is 17.2 Å². The summed E-state index contributed by atoms with van der Waals surface area (Å²) < 4.78 is 6.78. The lowest BCUT2D eigenvalue weighted by Gasteiger charge is -2.26.